The van der Waals surface area contributed by atoms with Crippen molar-refractivity contribution in [3.8, 4) is 11.3 Å². The molecule has 0 bridgehead atoms. The van der Waals surface area contributed by atoms with Gasteiger partial charge in [0.2, 0.25) is 5.91 Å². The van der Waals surface area contributed by atoms with Gasteiger partial charge < -0.3 is 15.4 Å². The predicted molar refractivity (Wildman–Crippen MR) is 158 cm³/mol. The van der Waals surface area contributed by atoms with Crippen LogP contribution in [0.4, 0.5) is 13.2 Å². The van der Waals surface area contributed by atoms with Crippen LogP contribution in [0, 0.1) is 0 Å². The zero-order valence-electron chi connectivity index (χ0n) is 23.5. The molecule has 0 aliphatic rings. The molecule has 0 aliphatic carbocycles. The van der Waals surface area contributed by atoms with Gasteiger partial charge in [0.25, 0.3) is 0 Å². The van der Waals surface area contributed by atoms with Crippen LogP contribution in [0.3, 0.4) is 0 Å². The molecule has 43 heavy (non-hydrogen) atoms. The number of carboxylic acid groups (broad SMARTS) is 1. The molecule has 0 fully saturated rings. The Kier molecular flexibility index (Phi) is 12.2. The highest BCUT2D eigenvalue weighted by atomic mass is 32.1. The van der Waals surface area contributed by atoms with Crippen molar-refractivity contribution in [2.24, 2.45) is 0 Å². The van der Waals surface area contributed by atoms with Crippen molar-refractivity contribution in [3.05, 3.63) is 76.3 Å². The van der Waals surface area contributed by atoms with E-state index in [1.807, 2.05) is 61.5 Å². The van der Waals surface area contributed by atoms with Crippen LogP contribution in [0.25, 0.3) is 21.5 Å². The number of thiazole rings is 1. The number of benzene rings is 2. The lowest BCUT2D eigenvalue weighted by molar-refractivity contribution is -0.192. The lowest BCUT2D eigenvalue weighted by atomic mass is 10.0. The fourth-order valence-electron chi connectivity index (χ4n) is 4.29. The second-order valence-corrected chi connectivity index (χ2v) is 10.7. The van der Waals surface area contributed by atoms with Crippen molar-refractivity contribution in [2.45, 2.75) is 70.6 Å². The Morgan fingerprint density at radius 2 is 1.70 bits per heavy atom. The van der Waals surface area contributed by atoms with Crippen LogP contribution in [-0.4, -0.2) is 43.5 Å². The monoisotopic (exact) mass is 618 g/mol. The van der Waals surface area contributed by atoms with E-state index in [0.29, 0.717) is 25.2 Å². The van der Waals surface area contributed by atoms with Crippen molar-refractivity contribution < 1.29 is 32.7 Å². The predicted octanol–water partition coefficient (Wildman–Crippen LogP) is 6.26. The average Bonchev–Trinajstić information content (AvgIpc) is 3.60. The maximum Gasteiger partial charge on any atom is 0.490 e. The van der Waals surface area contributed by atoms with Crippen LogP contribution >= 0.6 is 11.3 Å². The number of carboxylic acids is 1. The van der Waals surface area contributed by atoms with Crippen LogP contribution in [0.2, 0.25) is 0 Å². The number of aromatic nitrogens is 3. The second-order valence-electron chi connectivity index (χ2n) is 9.70. The number of nitrogens with one attached hydrogen (secondary N) is 2. The Morgan fingerprint density at radius 3 is 2.37 bits per heavy atom. The number of aromatic amines is 1. The molecule has 1 atom stereocenters. The first-order valence-electron chi connectivity index (χ1n) is 13.8. The summed E-state index contributed by atoms with van der Waals surface area (Å²) < 4.78 is 34.3. The van der Waals surface area contributed by atoms with Gasteiger partial charge in [0.15, 0.2) is 0 Å². The molecule has 2 heterocycles. The summed E-state index contributed by atoms with van der Waals surface area (Å²) in [7, 11) is 0. The van der Waals surface area contributed by atoms with Crippen LogP contribution in [0.15, 0.2) is 65.6 Å². The number of nitrogens with zero attached hydrogens (tertiary/aromatic N) is 2. The maximum atomic E-state index is 13.0. The Hall–Kier alpha value is -4.26. The van der Waals surface area contributed by atoms with Gasteiger partial charge in [-0.2, -0.15) is 13.2 Å². The van der Waals surface area contributed by atoms with Gasteiger partial charge in [0, 0.05) is 25.8 Å². The van der Waals surface area contributed by atoms with Gasteiger partial charge in [-0.15, -0.1) is 0 Å². The first kappa shape index (κ1) is 33.2. The van der Waals surface area contributed by atoms with Crippen LogP contribution in [0.5, 0.6) is 0 Å². The Balaban J connectivity index is 0.000000646. The highest BCUT2D eigenvalue weighted by Gasteiger charge is 2.38. The molecule has 0 saturated heterocycles. The molecule has 0 saturated carbocycles. The molecule has 0 radical (unpaired) electrons. The van der Waals surface area contributed by atoms with Gasteiger partial charge in [0.1, 0.15) is 11.6 Å². The molecule has 230 valence electrons. The summed E-state index contributed by atoms with van der Waals surface area (Å²) in [5, 5.41) is 10.3. The molecule has 4 rings (SSSR count). The third-order valence-electron chi connectivity index (χ3n) is 6.57. The van der Waals surface area contributed by atoms with E-state index in [-0.39, 0.29) is 29.0 Å². The van der Waals surface area contributed by atoms with Crippen LogP contribution in [-0.2, 0) is 20.9 Å². The standard InChI is InChI=1S/C28H32N4O3S.C2HF3O2/c1-2-21(33)13-7-4-8-14-22(27-29-19-23(31-27)20-11-5-3-6-12-20)30-26(34)17-18-32-24-15-9-10-16-25(24)36-28(32)35;3-2(4,5)1(6)7/h3,5-6,9-12,15-16,19,22H,2,4,7-8,13-14,17-18H2,1H3,(H,29,31)(H,30,34);(H,6,7)/t22-;/m0./s1. The number of imidazole rings is 1. The summed E-state index contributed by atoms with van der Waals surface area (Å²) >= 11 is 1.20. The number of unbranched alkanes of at least 4 members (excludes halogenated alkanes) is 2. The zero-order valence-corrected chi connectivity index (χ0v) is 24.3. The fourth-order valence-corrected chi connectivity index (χ4v) is 5.20. The Bertz CT molecular complexity index is 1560. The van der Waals surface area contributed by atoms with Crippen molar-refractivity contribution in [2.75, 3.05) is 0 Å². The molecule has 13 heteroatoms. The third-order valence-corrected chi connectivity index (χ3v) is 7.53. The number of hydrogen-bond acceptors (Lipinski definition) is 6. The summed E-state index contributed by atoms with van der Waals surface area (Å²) in [4.78, 5) is 53.7. The number of fused-ring (bicyclic) bond motifs is 1. The molecule has 4 aromatic rings. The van der Waals surface area contributed by atoms with Crippen molar-refractivity contribution in [1.29, 1.82) is 0 Å². The molecular formula is C30H33F3N4O5S. The number of carbonyl (C=O) groups is 3. The fraction of sp³-hybridized carbons (Fsp3) is 0.367. The molecule has 2 aromatic heterocycles. The van der Waals surface area contributed by atoms with E-state index in [1.54, 1.807) is 10.8 Å². The highest BCUT2D eigenvalue weighted by molar-refractivity contribution is 7.16. The first-order valence-corrected chi connectivity index (χ1v) is 14.6. The van der Waals surface area contributed by atoms with E-state index in [0.717, 1.165) is 47.2 Å². The minimum absolute atomic E-state index is 0.0549. The number of Topliss-reactive ketones (excluding diaryl/α,β-unsaturated/α-hetero) is 1. The second kappa shape index (κ2) is 15.8. The number of amides is 1. The number of carbonyl (C=O) groups excluding carboxylic acids is 2. The molecule has 3 N–H and O–H groups in total. The van der Waals surface area contributed by atoms with Crippen molar-refractivity contribution in [1.82, 2.24) is 19.9 Å². The topological polar surface area (TPSA) is 134 Å². The minimum Gasteiger partial charge on any atom is -0.475 e. The Labute approximate surface area is 249 Å². The van der Waals surface area contributed by atoms with Gasteiger partial charge >= 0.3 is 17.0 Å². The Morgan fingerprint density at radius 1 is 1.02 bits per heavy atom. The number of aliphatic carboxylic acids is 1. The van der Waals surface area contributed by atoms with Gasteiger partial charge in [-0.05, 0) is 30.5 Å². The normalized spacial score (nSPS) is 11.9. The number of alkyl halides is 3. The number of halogens is 3. The number of aryl methyl sites for hydroxylation is 1. The van der Waals surface area contributed by atoms with Crippen LogP contribution in [0.1, 0.15) is 63.7 Å². The number of H-pyrrole nitrogens is 1. The molecule has 9 nitrogen and oxygen atoms in total. The molecular weight excluding hydrogens is 585 g/mol. The molecule has 0 aliphatic heterocycles. The van der Waals surface area contributed by atoms with E-state index in [4.69, 9.17) is 9.90 Å². The minimum atomic E-state index is -5.08. The first-order chi connectivity index (χ1) is 20.5. The van der Waals surface area contributed by atoms with Crippen molar-refractivity contribution in [3.63, 3.8) is 0 Å². The number of para-hydroxylation sites is 1. The van der Waals surface area contributed by atoms with E-state index in [1.165, 1.54) is 11.3 Å². The largest absolute Gasteiger partial charge is 0.490 e. The van der Waals surface area contributed by atoms with Gasteiger partial charge in [0.05, 0.1) is 28.1 Å². The summed E-state index contributed by atoms with van der Waals surface area (Å²) in [6.07, 6.45) is 1.46. The van der Waals surface area contributed by atoms with E-state index in [9.17, 15) is 27.6 Å². The van der Waals surface area contributed by atoms with E-state index >= 15 is 0 Å². The zero-order chi connectivity index (χ0) is 31.4. The lowest BCUT2D eigenvalue weighted by Crippen LogP contribution is -2.30. The molecule has 0 spiro atoms. The lowest BCUT2D eigenvalue weighted by Gasteiger charge is -2.17. The number of rotatable bonds is 13. The average molecular weight is 619 g/mol. The molecule has 1 amide bonds. The summed E-state index contributed by atoms with van der Waals surface area (Å²) in [6, 6.07) is 17.3. The maximum absolute atomic E-state index is 13.0. The smallest absolute Gasteiger partial charge is 0.475 e. The summed E-state index contributed by atoms with van der Waals surface area (Å²) in [5.74, 6) is -1.88. The van der Waals surface area contributed by atoms with E-state index in [2.05, 4.69) is 15.3 Å². The van der Waals surface area contributed by atoms with Gasteiger partial charge in [-0.25, -0.2) is 9.78 Å². The number of hydrogen-bond donors (Lipinski definition) is 3. The summed E-state index contributed by atoms with van der Waals surface area (Å²) in [6.45, 7) is 2.22. The quantitative estimate of drug-likeness (QED) is 0.151. The van der Waals surface area contributed by atoms with E-state index < -0.39 is 12.1 Å². The van der Waals surface area contributed by atoms with Crippen LogP contribution < -0.4 is 10.2 Å². The van der Waals surface area contributed by atoms with Gasteiger partial charge in [-0.3, -0.25) is 19.0 Å². The van der Waals surface area contributed by atoms with Crippen molar-refractivity contribution >= 4 is 39.2 Å². The molecule has 2 aromatic carbocycles. The highest BCUT2D eigenvalue weighted by Crippen LogP contribution is 2.23. The SMILES string of the molecule is CCC(=O)CCCCC[C@H](NC(=O)CCn1c(=O)sc2ccccc21)c1ncc(-c2ccccc2)[nH]1.O=C(O)C(F)(F)F. The third kappa shape index (κ3) is 10.2. The number of ketones is 1. The van der Waals surface area contributed by atoms with Gasteiger partial charge in [-0.1, -0.05) is 73.6 Å². The summed E-state index contributed by atoms with van der Waals surface area (Å²) in [5.41, 5.74) is 2.79. The molecule has 0 unspecified atom stereocenters.